The number of nitrogens with zero attached hydrogens (tertiary/aromatic N) is 7. The van der Waals surface area contributed by atoms with Crippen LogP contribution in [0.2, 0.25) is 0 Å². The Morgan fingerprint density at radius 2 is 2.21 bits per heavy atom. The molecule has 1 aromatic carbocycles. The summed E-state index contributed by atoms with van der Waals surface area (Å²) in [6, 6.07) is 5.59. The third kappa shape index (κ3) is 3.85. The molecule has 0 amide bonds. The summed E-state index contributed by atoms with van der Waals surface area (Å²) in [5, 5.41) is 21.0. The van der Waals surface area contributed by atoms with Crippen LogP contribution in [0.5, 0.6) is 0 Å². The Bertz CT molecular complexity index is 1210. The predicted octanol–water partition coefficient (Wildman–Crippen LogP) is 2.21. The highest BCUT2D eigenvalue weighted by atomic mass is 32.2. The first-order valence-corrected chi connectivity index (χ1v) is 9.90. The molecule has 0 aliphatic carbocycles. The largest absolute Gasteiger partial charge is 0.382 e. The minimum atomic E-state index is 0.320. The molecule has 3 N–H and O–H groups in total. The molecule has 0 fully saturated rings. The van der Waals surface area contributed by atoms with Gasteiger partial charge in [-0.3, -0.25) is 0 Å². The SMILES string of the molecule is CC(C)CNCCn1c(Sc2cc3onnc3cc2C#N)nc2c(N)ncnc21. The number of nitrogens with two attached hydrogens (primary N) is 1. The Hall–Kier alpha value is -3.23. The molecule has 0 aliphatic heterocycles. The second-order valence-corrected chi connectivity index (χ2v) is 7.89. The molecule has 4 aromatic rings. The smallest absolute Gasteiger partial charge is 0.188 e. The zero-order valence-electron chi connectivity index (χ0n) is 16.0. The first-order chi connectivity index (χ1) is 14.1. The molecular formula is C18H19N9OS. The van der Waals surface area contributed by atoms with E-state index in [1.54, 1.807) is 12.1 Å². The Morgan fingerprint density at radius 1 is 1.34 bits per heavy atom. The van der Waals surface area contributed by atoms with Crippen molar-refractivity contribution in [1.82, 2.24) is 35.2 Å². The quantitative estimate of drug-likeness (QED) is 0.436. The maximum absolute atomic E-state index is 9.55. The van der Waals surface area contributed by atoms with Gasteiger partial charge in [0.1, 0.15) is 17.9 Å². The van der Waals surface area contributed by atoms with Crippen LogP contribution < -0.4 is 11.1 Å². The third-order valence-corrected chi connectivity index (χ3v) is 5.31. The summed E-state index contributed by atoms with van der Waals surface area (Å²) in [6.07, 6.45) is 1.43. The van der Waals surface area contributed by atoms with Gasteiger partial charge in [0.25, 0.3) is 0 Å². The number of imidazole rings is 1. The molecule has 11 heteroatoms. The van der Waals surface area contributed by atoms with Crippen molar-refractivity contribution in [3.05, 3.63) is 24.0 Å². The van der Waals surface area contributed by atoms with E-state index < -0.39 is 0 Å². The van der Waals surface area contributed by atoms with E-state index in [9.17, 15) is 5.26 Å². The lowest BCUT2D eigenvalue weighted by Crippen LogP contribution is -2.24. The van der Waals surface area contributed by atoms with E-state index >= 15 is 0 Å². The molecule has 148 valence electrons. The number of aromatic nitrogens is 6. The number of fused-ring (bicyclic) bond motifs is 2. The highest BCUT2D eigenvalue weighted by molar-refractivity contribution is 7.99. The summed E-state index contributed by atoms with van der Waals surface area (Å²) in [7, 11) is 0. The Balaban J connectivity index is 1.72. The van der Waals surface area contributed by atoms with Gasteiger partial charge in [-0.1, -0.05) is 25.6 Å². The van der Waals surface area contributed by atoms with Gasteiger partial charge in [0, 0.05) is 29.3 Å². The molecule has 0 saturated heterocycles. The van der Waals surface area contributed by atoms with Crippen LogP contribution in [-0.2, 0) is 6.54 Å². The first-order valence-electron chi connectivity index (χ1n) is 9.08. The van der Waals surface area contributed by atoms with Crippen molar-refractivity contribution in [2.75, 3.05) is 18.8 Å². The number of hydrogen-bond acceptors (Lipinski definition) is 10. The number of nitrogen functional groups attached to an aromatic ring is 1. The van der Waals surface area contributed by atoms with E-state index in [4.69, 9.17) is 10.3 Å². The molecule has 0 radical (unpaired) electrons. The molecule has 4 rings (SSSR count). The van der Waals surface area contributed by atoms with Crippen LogP contribution in [-0.4, -0.2) is 43.0 Å². The number of benzene rings is 1. The average molecular weight is 409 g/mol. The highest BCUT2D eigenvalue weighted by Gasteiger charge is 2.18. The van der Waals surface area contributed by atoms with Crippen molar-refractivity contribution in [3.8, 4) is 6.07 Å². The van der Waals surface area contributed by atoms with E-state index in [0.29, 0.717) is 56.2 Å². The average Bonchev–Trinajstić information content (AvgIpc) is 3.29. The van der Waals surface area contributed by atoms with E-state index in [1.807, 2.05) is 4.57 Å². The van der Waals surface area contributed by atoms with Crippen LogP contribution in [0.15, 0.2) is 33.0 Å². The molecular weight excluding hydrogens is 390 g/mol. The monoisotopic (exact) mass is 409 g/mol. The topological polar surface area (TPSA) is 144 Å². The summed E-state index contributed by atoms with van der Waals surface area (Å²) >= 11 is 1.35. The van der Waals surface area contributed by atoms with Gasteiger partial charge in [0.15, 0.2) is 27.7 Å². The molecule has 0 aliphatic rings. The lowest BCUT2D eigenvalue weighted by atomic mass is 10.2. The normalized spacial score (nSPS) is 11.5. The second kappa shape index (κ2) is 8.02. The molecule has 0 bridgehead atoms. The molecule has 3 heterocycles. The Labute approximate surface area is 170 Å². The van der Waals surface area contributed by atoms with Crippen molar-refractivity contribution < 1.29 is 4.52 Å². The maximum atomic E-state index is 9.55. The zero-order chi connectivity index (χ0) is 20.4. The van der Waals surface area contributed by atoms with E-state index in [2.05, 4.69) is 50.6 Å². The van der Waals surface area contributed by atoms with E-state index in [-0.39, 0.29) is 0 Å². The van der Waals surface area contributed by atoms with E-state index in [0.717, 1.165) is 13.1 Å². The number of nitrogens with one attached hydrogen (secondary N) is 1. The third-order valence-electron chi connectivity index (χ3n) is 4.26. The first kappa shape index (κ1) is 19.1. The maximum Gasteiger partial charge on any atom is 0.188 e. The van der Waals surface area contributed by atoms with Crippen molar-refractivity contribution in [1.29, 1.82) is 5.26 Å². The van der Waals surface area contributed by atoms with Crippen LogP contribution in [0.1, 0.15) is 19.4 Å². The Morgan fingerprint density at radius 3 is 3.00 bits per heavy atom. The minimum absolute atomic E-state index is 0.320. The van der Waals surface area contributed by atoms with Crippen molar-refractivity contribution in [2.24, 2.45) is 5.92 Å². The van der Waals surface area contributed by atoms with Gasteiger partial charge < -0.3 is 20.1 Å². The summed E-state index contributed by atoms with van der Waals surface area (Å²) in [4.78, 5) is 13.7. The van der Waals surface area contributed by atoms with Crippen LogP contribution in [0.3, 0.4) is 0 Å². The van der Waals surface area contributed by atoms with Gasteiger partial charge in [-0.15, -0.1) is 5.10 Å². The molecule has 0 unspecified atom stereocenters. The van der Waals surface area contributed by atoms with Crippen LogP contribution >= 0.6 is 11.8 Å². The van der Waals surface area contributed by atoms with Crippen molar-refractivity contribution in [3.63, 3.8) is 0 Å². The van der Waals surface area contributed by atoms with Gasteiger partial charge in [0.2, 0.25) is 0 Å². The summed E-state index contributed by atoms with van der Waals surface area (Å²) in [6.45, 7) is 6.63. The summed E-state index contributed by atoms with van der Waals surface area (Å²) in [5.41, 5.74) is 8.72. The molecule has 0 atom stereocenters. The molecule has 0 saturated carbocycles. The number of nitriles is 1. The van der Waals surface area contributed by atoms with Gasteiger partial charge >= 0.3 is 0 Å². The molecule has 0 spiro atoms. The number of hydrogen-bond donors (Lipinski definition) is 2. The van der Waals surface area contributed by atoms with Crippen molar-refractivity contribution in [2.45, 2.75) is 30.4 Å². The predicted molar refractivity (Wildman–Crippen MR) is 108 cm³/mol. The summed E-state index contributed by atoms with van der Waals surface area (Å²) in [5.74, 6) is 0.878. The van der Waals surface area contributed by atoms with Crippen LogP contribution in [0.25, 0.3) is 22.3 Å². The minimum Gasteiger partial charge on any atom is -0.382 e. The standard InChI is InChI=1S/C18H19N9OS/c1-10(2)8-21-3-4-27-17-15(16(20)22-9-23-17)24-18(27)29-14-6-13-12(25-26-28-13)5-11(14)7-19/h5-6,9-10,21H,3-4,8H2,1-2H3,(H2,20,22,23). The van der Waals surface area contributed by atoms with Gasteiger partial charge in [0.05, 0.1) is 5.56 Å². The van der Waals surface area contributed by atoms with Gasteiger partial charge in [-0.05, 0) is 18.5 Å². The fourth-order valence-electron chi connectivity index (χ4n) is 2.87. The highest BCUT2D eigenvalue weighted by Crippen LogP contribution is 2.34. The van der Waals surface area contributed by atoms with Crippen molar-refractivity contribution >= 4 is 39.8 Å². The number of anilines is 1. The fourth-order valence-corrected chi connectivity index (χ4v) is 3.88. The van der Waals surface area contributed by atoms with Gasteiger partial charge in [-0.25, -0.2) is 15.0 Å². The van der Waals surface area contributed by atoms with Gasteiger partial charge in [-0.2, -0.15) is 5.26 Å². The zero-order valence-corrected chi connectivity index (χ0v) is 16.8. The van der Waals surface area contributed by atoms with Crippen LogP contribution in [0.4, 0.5) is 5.82 Å². The van der Waals surface area contributed by atoms with E-state index in [1.165, 1.54) is 18.1 Å². The molecule has 10 nitrogen and oxygen atoms in total. The summed E-state index contributed by atoms with van der Waals surface area (Å²) < 4.78 is 7.12. The Kier molecular flexibility index (Phi) is 5.28. The lowest BCUT2D eigenvalue weighted by molar-refractivity contribution is 0.423. The molecule has 3 aromatic heterocycles. The lowest BCUT2D eigenvalue weighted by Gasteiger charge is -2.11. The van der Waals surface area contributed by atoms with Crippen LogP contribution in [0, 0.1) is 17.2 Å². The second-order valence-electron chi connectivity index (χ2n) is 6.88. The fraction of sp³-hybridized carbons (Fsp3) is 0.333. The number of rotatable bonds is 7. The molecule has 29 heavy (non-hydrogen) atoms.